The third kappa shape index (κ3) is 5.08. The molecule has 28 heavy (non-hydrogen) atoms. The van der Waals surface area contributed by atoms with E-state index in [0.717, 1.165) is 11.4 Å². The molecule has 0 bridgehead atoms. The van der Waals surface area contributed by atoms with Crippen LogP contribution in [0.1, 0.15) is 117 Å². The van der Waals surface area contributed by atoms with E-state index in [0.29, 0.717) is 0 Å². The van der Waals surface area contributed by atoms with Crippen LogP contribution in [0.2, 0.25) is 0 Å². The molecule has 0 aliphatic rings. The molecule has 0 spiro atoms. The van der Waals surface area contributed by atoms with Crippen molar-refractivity contribution in [2.75, 3.05) is 0 Å². The molecule has 2 aromatic heterocycles. The van der Waals surface area contributed by atoms with Crippen molar-refractivity contribution in [1.82, 2.24) is 20.4 Å². The number of nitrogens with one attached hydrogen (secondary N) is 2. The first kappa shape index (κ1) is 24.9. The summed E-state index contributed by atoms with van der Waals surface area (Å²) in [5.74, 6) is 0. The molecule has 0 unspecified atom stereocenters. The zero-order chi connectivity index (χ0) is 21.0. The number of aromatic amines is 2. The summed E-state index contributed by atoms with van der Waals surface area (Å²) in [5.41, 5.74) is 6.84. The van der Waals surface area contributed by atoms with E-state index >= 15 is 0 Å². The van der Waals surface area contributed by atoms with E-state index in [-0.39, 0.29) is 40.5 Å². The minimum absolute atomic E-state index is 0. The summed E-state index contributed by atoms with van der Waals surface area (Å²) < 4.78 is 0. The van der Waals surface area contributed by atoms with Crippen molar-refractivity contribution in [3.63, 3.8) is 0 Å². The number of H-pyrrole nitrogens is 2. The predicted molar refractivity (Wildman–Crippen MR) is 114 cm³/mol. The van der Waals surface area contributed by atoms with Gasteiger partial charge in [-0.05, 0) is 33.0 Å². The standard InChI is InChI=1S/C23H39N4.Li/c1-20(2,3)16-14(17(25-24-16)21(4,5)6)13-15-18(22(7,8)9)26-27-19(15)23(10,11)12;/h13H,1-12H3,(H,24,25)(H,26,27);/q-1;+1. The van der Waals surface area contributed by atoms with E-state index in [2.05, 4.69) is 99.7 Å². The van der Waals surface area contributed by atoms with E-state index in [1.807, 2.05) is 0 Å². The molecule has 0 aromatic carbocycles. The second-order valence-corrected chi connectivity index (χ2v) is 11.9. The summed E-state index contributed by atoms with van der Waals surface area (Å²) in [6.07, 6.45) is 2.31. The average Bonchev–Trinajstić information content (AvgIpc) is 2.99. The molecule has 2 aromatic rings. The maximum absolute atomic E-state index is 4.73. The van der Waals surface area contributed by atoms with E-state index in [4.69, 9.17) is 10.2 Å². The predicted octanol–water partition coefficient (Wildman–Crippen LogP) is 2.93. The van der Waals surface area contributed by atoms with Crippen molar-refractivity contribution >= 4 is 0 Å². The molecule has 0 fully saturated rings. The number of hydrogen-bond acceptors (Lipinski definition) is 2. The quantitative estimate of drug-likeness (QED) is 0.624. The van der Waals surface area contributed by atoms with Gasteiger partial charge < -0.3 is 10.2 Å². The maximum atomic E-state index is 4.73. The van der Waals surface area contributed by atoms with Gasteiger partial charge in [-0.25, -0.2) is 10.2 Å². The van der Waals surface area contributed by atoms with Crippen molar-refractivity contribution in [3.8, 4) is 0 Å². The van der Waals surface area contributed by atoms with Gasteiger partial charge in [0.1, 0.15) is 0 Å². The van der Waals surface area contributed by atoms with Gasteiger partial charge in [-0.1, -0.05) is 94.2 Å². The Kier molecular flexibility index (Phi) is 6.78. The van der Waals surface area contributed by atoms with E-state index < -0.39 is 0 Å². The van der Waals surface area contributed by atoms with Gasteiger partial charge in [0, 0.05) is 11.4 Å². The molecule has 4 nitrogen and oxygen atoms in total. The molecule has 152 valence electrons. The summed E-state index contributed by atoms with van der Waals surface area (Å²) in [6, 6.07) is 0. The summed E-state index contributed by atoms with van der Waals surface area (Å²) in [5, 5.41) is 16.1. The average molecular weight is 379 g/mol. The van der Waals surface area contributed by atoms with Gasteiger partial charge in [0.2, 0.25) is 0 Å². The Morgan fingerprint density at radius 3 is 1.04 bits per heavy atom. The van der Waals surface area contributed by atoms with Gasteiger partial charge in [-0.15, -0.1) is 6.42 Å². The Morgan fingerprint density at radius 2 is 0.821 bits per heavy atom. The van der Waals surface area contributed by atoms with Crippen LogP contribution in [-0.2, 0) is 21.7 Å². The molecule has 2 N–H and O–H groups in total. The van der Waals surface area contributed by atoms with Gasteiger partial charge in [0.25, 0.3) is 0 Å². The van der Waals surface area contributed by atoms with Crippen molar-refractivity contribution in [2.24, 2.45) is 0 Å². The number of aromatic nitrogens is 4. The Labute approximate surface area is 184 Å². The molecule has 0 aliphatic heterocycles. The zero-order valence-corrected chi connectivity index (χ0v) is 20.5. The van der Waals surface area contributed by atoms with Crippen molar-refractivity contribution in [3.05, 3.63) is 40.3 Å². The van der Waals surface area contributed by atoms with Crippen LogP contribution in [0.15, 0.2) is 0 Å². The van der Waals surface area contributed by atoms with E-state index in [1.54, 1.807) is 0 Å². The molecule has 0 saturated carbocycles. The van der Waals surface area contributed by atoms with E-state index in [1.165, 1.54) is 22.5 Å². The van der Waals surface area contributed by atoms with Crippen molar-refractivity contribution in [1.29, 1.82) is 0 Å². The van der Waals surface area contributed by atoms with E-state index in [9.17, 15) is 0 Å². The second-order valence-electron chi connectivity index (χ2n) is 11.9. The van der Waals surface area contributed by atoms with Gasteiger partial charge >= 0.3 is 18.9 Å². The molecule has 0 saturated heterocycles. The molecule has 2 heterocycles. The fraction of sp³-hybridized carbons (Fsp3) is 0.696. The van der Waals surface area contributed by atoms with Crippen molar-refractivity contribution in [2.45, 2.75) is 105 Å². The van der Waals surface area contributed by atoms with Crippen LogP contribution < -0.4 is 18.9 Å². The molecular formula is C23H39LiN4. The molecule has 2 rings (SSSR count). The minimum Gasteiger partial charge on any atom is -0.321 e. The van der Waals surface area contributed by atoms with Gasteiger partial charge in [0.15, 0.2) is 0 Å². The smallest absolute Gasteiger partial charge is 0.321 e. The summed E-state index contributed by atoms with van der Waals surface area (Å²) in [7, 11) is 0. The van der Waals surface area contributed by atoms with Crippen LogP contribution in [0.3, 0.4) is 0 Å². The molecule has 0 radical (unpaired) electrons. The Morgan fingerprint density at radius 1 is 0.536 bits per heavy atom. The SMILES string of the molecule is CC(C)(C)c1n[nH]c(C(C)(C)C)c1[CH-]c1c(C(C)(C)C)n[nH]c1C(C)(C)C.[Li+]. The van der Waals surface area contributed by atoms with Crippen LogP contribution >= 0.6 is 0 Å². The van der Waals surface area contributed by atoms with Crippen LogP contribution in [0, 0.1) is 6.42 Å². The Hall–Kier alpha value is -1.11. The van der Waals surface area contributed by atoms with Crippen LogP contribution in [0.5, 0.6) is 0 Å². The summed E-state index contributed by atoms with van der Waals surface area (Å²) >= 11 is 0. The first-order chi connectivity index (χ1) is 11.9. The Bertz CT molecular complexity index is 668. The Balaban J connectivity index is 0.00000392. The topological polar surface area (TPSA) is 57.4 Å². The maximum Gasteiger partial charge on any atom is 1.00 e. The summed E-state index contributed by atoms with van der Waals surface area (Å²) in [6.45, 7) is 26.7. The van der Waals surface area contributed by atoms with Gasteiger partial charge in [0.05, 0.1) is 0 Å². The van der Waals surface area contributed by atoms with Crippen LogP contribution in [0.4, 0.5) is 0 Å². The fourth-order valence-corrected chi connectivity index (χ4v) is 3.41. The third-order valence-corrected chi connectivity index (χ3v) is 4.82. The zero-order valence-electron chi connectivity index (χ0n) is 20.5. The molecule has 5 heteroatoms. The van der Waals surface area contributed by atoms with Gasteiger partial charge in [-0.2, -0.15) is 0 Å². The van der Waals surface area contributed by atoms with Crippen LogP contribution in [0.25, 0.3) is 0 Å². The second kappa shape index (κ2) is 7.61. The van der Waals surface area contributed by atoms with Gasteiger partial charge in [-0.3, -0.25) is 0 Å². The molecule has 0 atom stereocenters. The molecule has 0 amide bonds. The monoisotopic (exact) mass is 378 g/mol. The largest absolute Gasteiger partial charge is 1.00 e. The first-order valence-corrected chi connectivity index (χ1v) is 9.97. The number of nitrogens with zero attached hydrogens (tertiary/aromatic N) is 2. The minimum atomic E-state index is -0.0423. The summed E-state index contributed by atoms with van der Waals surface area (Å²) in [4.78, 5) is 0. The molecular weight excluding hydrogens is 339 g/mol. The molecule has 0 aliphatic carbocycles. The van der Waals surface area contributed by atoms with Crippen molar-refractivity contribution < 1.29 is 18.9 Å². The number of rotatable bonds is 2. The normalized spacial score (nSPS) is 13.4. The van der Waals surface area contributed by atoms with Crippen LogP contribution in [-0.4, -0.2) is 20.4 Å². The number of hydrogen-bond donors (Lipinski definition) is 2. The first-order valence-electron chi connectivity index (χ1n) is 9.97. The fourth-order valence-electron chi connectivity index (χ4n) is 3.41. The third-order valence-electron chi connectivity index (χ3n) is 4.82.